The number of hydrogen-bond acceptors (Lipinski definition) is 2. The van der Waals surface area contributed by atoms with Gasteiger partial charge in [0.2, 0.25) is 0 Å². The van der Waals surface area contributed by atoms with Crippen molar-refractivity contribution in [3.8, 4) is 22.8 Å². The molecule has 0 radical (unpaired) electrons. The van der Waals surface area contributed by atoms with E-state index in [0.717, 1.165) is 3.57 Å². The minimum atomic E-state index is -4.86. The number of ether oxygens (including phenoxy) is 1. The van der Waals surface area contributed by atoms with Crippen LogP contribution in [0.2, 0.25) is 0 Å². The molecule has 0 unspecified atom stereocenters. The molecule has 0 amide bonds. The Hall–Kier alpha value is -2.10. The van der Waals surface area contributed by atoms with E-state index in [1.807, 2.05) is 22.6 Å². The molecule has 130 valence electrons. The van der Waals surface area contributed by atoms with Crippen molar-refractivity contribution >= 4 is 22.6 Å². The van der Waals surface area contributed by atoms with Crippen LogP contribution in [0, 0.1) is 15.2 Å². The van der Waals surface area contributed by atoms with Crippen molar-refractivity contribution in [1.82, 2.24) is 0 Å². The van der Waals surface area contributed by atoms with Crippen molar-refractivity contribution in [2.75, 3.05) is 0 Å². The van der Waals surface area contributed by atoms with Gasteiger partial charge in [-0.2, -0.15) is 13.2 Å². The highest BCUT2D eigenvalue weighted by Gasteiger charge is 2.33. The van der Waals surface area contributed by atoms with Gasteiger partial charge in [-0.05, 0) is 65.1 Å². The van der Waals surface area contributed by atoms with Crippen molar-refractivity contribution in [2.45, 2.75) is 6.18 Å². The molecule has 0 bridgehead atoms. The van der Waals surface area contributed by atoms with Gasteiger partial charge in [-0.15, -0.1) is 0 Å². The lowest BCUT2D eigenvalue weighted by atomic mass is 10.1. The van der Waals surface area contributed by atoms with Gasteiger partial charge in [0.15, 0.2) is 17.4 Å². The van der Waals surface area contributed by atoms with E-state index in [0.29, 0.717) is 11.3 Å². The van der Waals surface area contributed by atoms with Gasteiger partial charge in [0.05, 0.1) is 17.4 Å². The van der Waals surface area contributed by atoms with Gasteiger partial charge in [0.25, 0.3) is 0 Å². The Morgan fingerprint density at radius 3 is 2.20 bits per heavy atom. The highest BCUT2D eigenvalue weighted by Crippen LogP contribution is 2.39. The first-order valence-electron chi connectivity index (χ1n) is 6.83. The molecule has 0 aliphatic heterocycles. The summed E-state index contributed by atoms with van der Waals surface area (Å²) in [7, 11) is 0. The lowest BCUT2D eigenvalue weighted by Crippen LogP contribution is -2.07. The number of alkyl halides is 3. The van der Waals surface area contributed by atoms with Gasteiger partial charge in [-0.25, -0.2) is 8.78 Å². The van der Waals surface area contributed by atoms with Crippen LogP contribution in [-0.4, -0.2) is 0 Å². The molecule has 0 aliphatic carbocycles. The fraction of sp³-hybridized carbons (Fsp3) is 0.0588. The molecule has 25 heavy (non-hydrogen) atoms. The Morgan fingerprint density at radius 2 is 1.64 bits per heavy atom. The lowest BCUT2D eigenvalue weighted by molar-refractivity contribution is -0.138. The van der Waals surface area contributed by atoms with Gasteiger partial charge >= 0.3 is 6.18 Å². The quantitative estimate of drug-likeness (QED) is 0.319. The molecule has 0 saturated heterocycles. The number of benzene rings is 2. The summed E-state index contributed by atoms with van der Waals surface area (Å²) in [5, 5.41) is 0. The minimum Gasteiger partial charge on any atom is -0.464 e. The van der Waals surface area contributed by atoms with Crippen molar-refractivity contribution in [1.29, 1.82) is 0 Å². The normalized spacial score (nSPS) is 11.6. The summed E-state index contributed by atoms with van der Waals surface area (Å²) in [6, 6.07) is 8.37. The molecule has 8 heteroatoms. The Morgan fingerprint density at radius 1 is 0.960 bits per heavy atom. The Bertz CT molecular complexity index is 881. The first-order chi connectivity index (χ1) is 11.8. The van der Waals surface area contributed by atoms with Crippen molar-refractivity contribution < 1.29 is 31.1 Å². The monoisotopic (exact) mass is 466 g/mol. The topological polar surface area (TPSA) is 22.4 Å². The van der Waals surface area contributed by atoms with Gasteiger partial charge < -0.3 is 9.15 Å². The van der Waals surface area contributed by atoms with Crippen LogP contribution >= 0.6 is 22.6 Å². The second-order valence-electron chi connectivity index (χ2n) is 4.99. The maximum Gasteiger partial charge on any atom is 0.416 e. The molecule has 2 nitrogen and oxygen atoms in total. The van der Waals surface area contributed by atoms with E-state index in [-0.39, 0.29) is 17.9 Å². The minimum absolute atomic E-state index is 0.0490. The molecule has 3 aromatic rings. The SMILES string of the molecule is Fc1cc(C(F)(F)F)cc(F)c1Oc1ccc(I)cc1-c1ccco1. The predicted octanol–water partition coefficient (Wildman–Crippen LogP) is 6.64. The fourth-order valence-corrected chi connectivity index (χ4v) is 2.64. The van der Waals surface area contributed by atoms with E-state index in [1.165, 1.54) is 12.3 Å². The highest BCUT2D eigenvalue weighted by atomic mass is 127. The van der Waals surface area contributed by atoms with Crippen LogP contribution in [0.5, 0.6) is 11.5 Å². The average Bonchev–Trinajstić information content (AvgIpc) is 3.05. The number of hydrogen-bond donors (Lipinski definition) is 0. The van der Waals surface area contributed by atoms with Crippen LogP contribution in [0.4, 0.5) is 22.0 Å². The summed E-state index contributed by atoms with van der Waals surface area (Å²) < 4.78 is 77.1. The van der Waals surface area contributed by atoms with Gasteiger partial charge in [-0.3, -0.25) is 0 Å². The van der Waals surface area contributed by atoms with E-state index in [1.54, 1.807) is 24.3 Å². The number of rotatable bonds is 3. The zero-order valence-electron chi connectivity index (χ0n) is 12.2. The molecular formula is C17H8F5IO2. The number of furan rings is 1. The summed E-state index contributed by atoms with van der Waals surface area (Å²) in [4.78, 5) is 0. The number of halogens is 6. The van der Waals surface area contributed by atoms with Crippen molar-refractivity contribution in [3.05, 3.63) is 69.5 Å². The third-order valence-electron chi connectivity index (χ3n) is 3.27. The molecule has 2 aromatic carbocycles. The third-order valence-corrected chi connectivity index (χ3v) is 3.94. The summed E-state index contributed by atoms with van der Waals surface area (Å²) in [6.07, 6.45) is -3.44. The summed E-state index contributed by atoms with van der Waals surface area (Å²) in [6.45, 7) is 0. The van der Waals surface area contributed by atoms with E-state index >= 15 is 0 Å². The third kappa shape index (κ3) is 3.78. The second-order valence-corrected chi connectivity index (χ2v) is 6.23. The first-order valence-corrected chi connectivity index (χ1v) is 7.91. The van der Waals surface area contributed by atoms with E-state index in [2.05, 4.69) is 0 Å². The molecule has 0 fully saturated rings. The maximum absolute atomic E-state index is 14.0. The van der Waals surface area contributed by atoms with Gasteiger partial charge in [0, 0.05) is 3.57 Å². The molecule has 1 heterocycles. The maximum atomic E-state index is 14.0. The molecule has 3 rings (SSSR count). The molecule has 0 N–H and O–H groups in total. The Labute approximate surface area is 152 Å². The Kier molecular flexibility index (Phi) is 4.72. The molecule has 1 aromatic heterocycles. The molecular weight excluding hydrogens is 458 g/mol. The van der Waals surface area contributed by atoms with Gasteiger partial charge in [0.1, 0.15) is 11.5 Å². The van der Waals surface area contributed by atoms with Crippen LogP contribution in [0.15, 0.2) is 53.1 Å². The summed E-state index contributed by atoms with van der Waals surface area (Å²) in [5.41, 5.74) is -1.01. The summed E-state index contributed by atoms with van der Waals surface area (Å²) >= 11 is 2.03. The van der Waals surface area contributed by atoms with E-state index < -0.39 is 29.1 Å². The Balaban J connectivity index is 2.04. The van der Waals surface area contributed by atoms with Crippen LogP contribution in [0.25, 0.3) is 11.3 Å². The molecule has 0 aliphatic rings. The second kappa shape index (κ2) is 6.66. The molecule has 0 spiro atoms. The van der Waals surface area contributed by atoms with Crippen LogP contribution in [-0.2, 0) is 6.18 Å². The van der Waals surface area contributed by atoms with Crippen molar-refractivity contribution in [2.24, 2.45) is 0 Å². The van der Waals surface area contributed by atoms with Crippen molar-refractivity contribution in [3.63, 3.8) is 0 Å². The first kappa shape index (κ1) is 17.7. The zero-order valence-corrected chi connectivity index (χ0v) is 14.4. The van der Waals surface area contributed by atoms with Crippen LogP contribution in [0.3, 0.4) is 0 Å². The zero-order chi connectivity index (χ0) is 18.2. The van der Waals surface area contributed by atoms with E-state index in [4.69, 9.17) is 9.15 Å². The standard InChI is InChI=1S/C17H8F5IO2/c18-12-6-9(17(20,21)22)7-13(19)16(12)25-15-4-3-10(23)8-11(15)14-2-1-5-24-14/h1-8H. The van der Waals surface area contributed by atoms with Gasteiger partial charge in [-0.1, -0.05) is 0 Å². The molecule has 0 saturated carbocycles. The highest BCUT2D eigenvalue weighted by molar-refractivity contribution is 14.1. The predicted molar refractivity (Wildman–Crippen MR) is 88.3 cm³/mol. The fourth-order valence-electron chi connectivity index (χ4n) is 2.15. The van der Waals surface area contributed by atoms with E-state index in [9.17, 15) is 22.0 Å². The summed E-state index contributed by atoms with van der Waals surface area (Å²) in [5.74, 6) is -3.37. The lowest BCUT2D eigenvalue weighted by Gasteiger charge is -2.13. The molecule has 0 atom stereocenters. The van der Waals surface area contributed by atoms with Crippen LogP contribution < -0.4 is 4.74 Å². The smallest absolute Gasteiger partial charge is 0.416 e. The largest absolute Gasteiger partial charge is 0.464 e. The average molecular weight is 466 g/mol. The van der Waals surface area contributed by atoms with Crippen LogP contribution in [0.1, 0.15) is 5.56 Å².